The van der Waals surface area contributed by atoms with Gasteiger partial charge in [-0.1, -0.05) is 12.2 Å². The van der Waals surface area contributed by atoms with Gasteiger partial charge in [0.05, 0.1) is 6.61 Å². The van der Waals surface area contributed by atoms with Crippen LogP contribution in [0.4, 0.5) is 0 Å². The molecule has 4 nitrogen and oxygen atoms in total. The SMILES string of the molecule is COCCCCN1CCOC(C(N)=S)C1. The average Bonchev–Trinajstić information content (AvgIpc) is 2.25. The van der Waals surface area contributed by atoms with Crippen molar-refractivity contribution in [2.45, 2.75) is 18.9 Å². The van der Waals surface area contributed by atoms with Gasteiger partial charge < -0.3 is 15.2 Å². The van der Waals surface area contributed by atoms with Gasteiger partial charge in [-0.25, -0.2) is 0 Å². The molecule has 1 atom stereocenters. The molecule has 0 aromatic heterocycles. The first-order valence-electron chi connectivity index (χ1n) is 5.36. The second-order valence-electron chi connectivity index (χ2n) is 3.76. The Bertz CT molecular complexity index is 202. The summed E-state index contributed by atoms with van der Waals surface area (Å²) in [5.41, 5.74) is 5.57. The molecule has 0 aromatic rings. The fourth-order valence-electron chi connectivity index (χ4n) is 1.66. The fourth-order valence-corrected chi connectivity index (χ4v) is 1.80. The Labute approximate surface area is 96.7 Å². The van der Waals surface area contributed by atoms with Crippen LogP contribution in [0.25, 0.3) is 0 Å². The van der Waals surface area contributed by atoms with Crippen molar-refractivity contribution in [2.75, 3.05) is 40.0 Å². The molecule has 88 valence electrons. The average molecular weight is 232 g/mol. The number of nitrogens with two attached hydrogens (primary N) is 1. The highest BCUT2D eigenvalue weighted by atomic mass is 32.1. The Morgan fingerprint density at radius 1 is 1.60 bits per heavy atom. The van der Waals surface area contributed by atoms with E-state index in [0.717, 1.165) is 45.7 Å². The van der Waals surface area contributed by atoms with Crippen LogP contribution in [0.2, 0.25) is 0 Å². The quantitative estimate of drug-likeness (QED) is 0.530. The fraction of sp³-hybridized carbons (Fsp3) is 0.900. The highest BCUT2D eigenvalue weighted by molar-refractivity contribution is 7.80. The molecule has 0 aliphatic carbocycles. The first kappa shape index (κ1) is 12.8. The summed E-state index contributed by atoms with van der Waals surface area (Å²) in [6.45, 7) is 4.45. The number of morpholine rings is 1. The molecule has 0 aromatic carbocycles. The van der Waals surface area contributed by atoms with E-state index in [4.69, 9.17) is 27.4 Å². The van der Waals surface area contributed by atoms with E-state index in [1.165, 1.54) is 0 Å². The van der Waals surface area contributed by atoms with Gasteiger partial charge in [-0.3, -0.25) is 4.90 Å². The lowest BCUT2D eigenvalue weighted by Gasteiger charge is -2.32. The number of hydrogen-bond donors (Lipinski definition) is 1. The zero-order valence-electron chi connectivity index (χ0n) is 9.28. The van der Waals surface area contributed by atoms with Crippen LogP contribution >= 0.6 is 12.2 Å². The molecule has 1 fully saturated rings. The molecule has 0 amide bonds. The van der Waals surface area contributed by atoms with Crippen LogP contribution in [0, 0.1) is 0 Å². The lowest BCUT2D eigenvalue weighted by molar-refractivity contribution is 0.00616. The van der Waals surface area contributed by atoms with Gasteiger partial charge >= 0.3 is 0 Å². The molecular formula is C10H20N2O2S. The largest absolute Gasteiger partial charge is 0.391 e. The zero-order chi connectivity index (χ0) is 11.1. The second-order valence-corrected chi connectivity index (χ2v) is 4.23. The minimum atomic E-state index is -0.0591. The van der Waals surface area contributed by atoms with Crippen molar-refractivity contribution in [2.24, 2.45) is 5.73 Å². The Hall–Kier alpha value is -0.230. The van der Waals surface area contributed by atoms with Gasteiger partial charge in [-0.2, -0.15) is 0 Å². The van der Waals surface area contributed by atoms with Gasteiger partial charge in [-0.15, -0.1) is 0 Å². The second kappa shape index (κ2) is 7.11. The highest BCUT2D eigenvalue weighted by Gasteiger charge is 2.21. The first-order valence-corrected chi connectivity index (χ1v) is 5.77. The smallest absolute Gasteiger partial charge is 0.120 e. The Morgan fingerprint density at radius 2 is 2.40 bits per heavy atom. The van der Waals surface area contributed by atoms with Crippen molar-refractivity contribution in [1.82, 2.24) is 4.90 Å². The Balaban J connectivity index is 2.15. The van der Waals surface area contributed by atoms with Gasteiger partial charge in [0.2, 0.25) is 0 Å². The standard InChI is InChI=1S/C10H20N2O2S/c1-13-6-3-2-4-12-5-7-14-9(8-12)10(11)15/h9H,2-8H2,1H3,(H2,11,15). The van der Waals surface area contributed by atoms with Crippen molar-refractivity contribution in [3.8, 4) is 0 Å². The predicted octanol–water partition coefficient (Wildman–Crippen LogP) is 0.400. The van der Waals surface area contributed by atoms with E-state index in [-0.39, 0.29) is 6.10 Å². The third-order valence-electron chi connectivity index (χ3n) is 2.54. The number of methoxy groups -OCH3 is 1. The van der Waals surface area contributed by atoms with E-state index >= 15 is 0 Å². The predicted molar refractivity (Wildman–Crippen MR) is 64.1 cm³/mol. The monoisotopic (exact) mass is 232 g/mol. The minimum Gasteiger partial charge on any atom is -0.391 e. The summed E-state index contributed by atoms with van der Waals surface area (Å²) in [6, 6.07) is 0. The summed E-state index contributed by atoms with van der Waals surface area (Å²) in [6.07, 6.45) is 2.19. The minimum absolute atomic E-state index is 0.0591. The summed E-state index contributed by atoms with van der Waals surface area (Å²) in [5, 5.41) is 0. The lowest BCUT2D eigenvalue weighted by Crippen LogP contribution is -2.47. The molecule has 1 aliphatic heterocycles. The number of rotatable bonds is 6. The molecule has 1 rings (SSSR count). The first-order chi connectivity index (χ1) is 7.24. The van der Waals surface area contributed by atoms with Crippen LogP contribution in [0.3, 0.4) is 0 Å². The summed E-state index contributed by atoms with van der Waals surface area (Å²) >= 11 is 4.93. The van der Waals surface area contributed by atoms with Crippen LogP contribution in [0.1, 0.15) is 12.8 Å². The molecule has 0 radical (unpaired) electrons. The number of thiocarbonyl (C=S) groups is 1. The van der Waals surface area contributed by atoms with E-state index in [1.807, 2.05) is 0 Å². The molecule has 15 heavy (non-hydrogen) atoms. The van der Waals surface area contributed by atoms with Gasteiger partial charge in [0, 0.05) is 26.8 Å². The number of nitrogens with zero attached hydrogens (tertiary/aromatic N) is 1. The maximum atomic E-state index is 5.57. The summed E-state index contributed by atoms with van der Waals surface area (Å²) < 4.78 is 10.5. The number of ether oxygens (including phenoxy) is 2. The van der Waals surface area contributed by atoms with E-state index in [2.05, 4.69) is 4.90 Å². The molecule has 1 aliphatic rings. The third-order valence-corrected chi connectivity index (χ3v) is 2.80. The summed E-state index contributed by atoms with van der Waals surface area (Å²) in [4.78, 5) is 2.82. The highest BCUT2D eigenvalue weighted by Crippen LogP contribution is 2.06. The van der Waals surface area contributed by atoms with Crippen molar-refractivity contribution in [3.63, 3.8) is 0 Å². The van der Waals surface area contributed by atoms with Crippen LogP contribution in [-0.4, -0.2) is 56.0 Å². The topological polar surface area (TPSA) is 47.7 Å². The molecule has 0 spiro atoms. The molecule has 0 bridgehead atoms. The van der Waals surface area contributed by atoms with Gasteiger partial charge in [0.15, 0.2) is 0 Å². The van der Waals surface area contributed by atoms with E-state index in [0.29, 0.717) is 4.99 Å². The van der Waals surface area contributed by atoms with Crippen LogP contribution in [0.5, 0.6) is 0 Å². The van der Waals surface area contributed by atoms with Crippen molar-refractivity contribution < 1.29 is 9.47 Å². The van der Waals surface area contributed by atoms with E-state index in [9.17, 15) is 0 Å². The summed E-state index contributed by atoms with van der Waals surface area (Å²) in [7, 11) is 1.73. The Kier molecular flexibility index (Phi) is 6.09. The van der Waals surface area contributed by atoms with Crippen LogP contribution < -0.4 is 5.73 Å². The van der Waals surface area contributed by atoms with Gasteiger partial charge in [0.25, 0.3) is 0 Å². The Morgan fingerprint density at radius 3 is 3.07 bits per heavy atom. The molecule has 5 heteroatoms. The normalized spacial score (nSPS) is 22.9. The van der Waals surface area contributed by atoms with Crippen LogP contribution in [0.15, 0.2) is 0 Å². The molecule has 1 saturated heterocycles. The van der Waals surface area contributed by atoms with Gasteiger partial charge in [-0.05, 0) is 19.4 Å². The summed E-state index contributed by atoms with van der Waals surface area (Å²) in [5.74, 6) is 0. The zero-order valence-corrected chi connectivity index (χ0v) is 10.1. The van der Waals surface area contributed by atoms with Gasteiger partial charge in [0.1, 0.15) is 11.1 Å². The maximum Gasteiger partial charge on any atom is 0.120 e. The number of unbranched alkanes of at least 4 members (excludes halogenated alkanes) is 1. The number of hydrogen-bond acceptors (Lipinski definition) is 4. The lowest BCUT2D eigenvalue weighted by atomic mass is 10.2. The van der Waals surface area contributed by atoms with Crippen molar-refractivity contribution in [1.29, 1.82) is 0 Å². The maximum absolute atomic E-state index is 5.57. The molecule has 1 unspecified atom stereocenters. The van der Waals surface area contributed by atoms with Crippen molar-refractivity contribution in [3.05, 3.63) is 0 Å². The third kappa shape index (κ3) is 4.88. The molecular weight excluding hydrogens is 212 g/mol. The van der Waals surface area contributed by atoms with E-state index in [1.54, 1.807) is 7.11 Å². The van der Waals surface area contributed by atoms with Crippen molar-refractivity contribution >= 4 is 17.2 Å². The van der Waals surface area contributed by atoms with Crippen LogP contribution in [-0.2, 0) is 9.47 Å². The molecule has 2 N–H and O–H groups in total. The molecule has 0 saturated carbocycles. The molecule has 1 heterocycles. The van der Waals surface area contributed by atoms with E-state index < -0.39 is 0 Å².